The molecule has 2 aromatic carbocycles. The van der Waals surface area contributed by atoms with Gasteiger partial charge in [-0.15, -0.1) is 13.2 Å². The van der Waals surface area contributed by atoms with E-state index in [4.69, 9.17) is 0 Å². The van der Waals surface area contributed by atoms with E-state index < -0.39 is 0 Å². The van der Waals surface area contributed by atoms with Gasteiger partial charge < -0.3 is 15.5 Å². The molecule has 0 unspecified atom stereocenters. The molecular weight excluding hydrogens is 346 g/mol. The highest BCUT2D eigenvalue weighted by molar-refractivity contribution is 5.75. The van der Waals surface area contributed by atoms with Gasteiger partial charge in [0.05, 0.1) is 0 Å². The molecule has 0 bridgehead atoms. The van der Waals surface area contributed by atoms with Crippen molar-refractivity contribution in [1.82, 2.24) is 5.32 Å². The smallest absolute Gasteiger partial charge is 0.126 e. The largest absolute Gasteiger partial charge is 0.507 e. The monoisotopic (exact) mass is 379 g/mol. The molecular formula is C25H33NO2. The molecule has 28 heavy (non-hydrogen) atoms. The summed E-state index contributed by atoms with van der Waals surface area (Å²) >= 11 is 0. The quantitative estimate of drug-likeness (QED) is 0.441. The van der Waals surface area contributed by atoms with Gasteiger partial charge in [-0.3, -0.25) is 0 Å². The van der Waals surface area contributed by atoms with E-state index in [1.807, 2.05) is 31.2 Å². The molecule has 3 N–H and O–H groups in total. The van der Waals surface area contributed by atoms with Gasteiger partial charge in [0, 0.05) is 17.7 Å². The van der Waals surface area contributed by atoms with Gasteiger partial charge in [0.15, 0.2) is 0 Å². The van der Waals surface area contributed by atoms with Crippen molar-refractivity contribution in [2.24, 2.45) is 0 Å². The third kappa shape index (κ3) is 5.26. The number of phenolic OH excluding ortho intramolecular Hbond substituents is 2. The number of benzene rings is 2. The molecule has 0 aliphatic rings. The second kappa shape index (κ2) is 10.7. The van der Waals surface area contributed by atoms with Crippen LogP contribution in [0, 0.1) is 0 Å². The van der Waals surface area contributed by atoms with Crippen LogP contribution in [-0.4, -0.2) is 16.8 Å². The van der Waals surface area contributed by atoms with Gasteiger partial charge in [0.1, 0.15) is 11.5 Å². The average molecular weight is 380 g/mol. The number of unbranched alkanes of at least 4 members (excludes halogenated alkanes) is 1. The molecule has 0 amide bonds. The third-order valence-corrected chi connectivity index (χ3v) is 4.94. The Kier molecular flexibility index (Phi) is 8.34. The fourth-order valence-corrected chi connectivity index (χ4v) is 3.44. The fraction of sp³-hybridized carbons (Fsp3) is 0.360. The molecule has 2 aromatic rings. The van der Waals surface area contributed by atoms with E-state index in [0.29, 0.717) is 24.5 Å². The van der Waals surface area contributed by atoms with Crippen LogP contribution in [0.2, 0.25) is 0 Å². The molecule has 0 aliphatic heterocycles. The lowest BCUT2D eigenvalue weighted by Crippen LogP contribution is -2.12. The standard InChI is InChI=1S/C25H33NO2/c1-5-9-12-20-13-18(10-6-2)14-23(25(20)28)21-15-19(11-7-3)24(27)22(16-21)17-26-8-4/h6-7,13-16,26-28H,2-3,5,8-12,17H2,1,4H3. The lowest BCUT2D eigenvalue weighted by atomic mass is 9.91. The molecule has 0 spiro atoms. The van der Waals surface area contributed by atoms with Crippen molar-refractivity contribution in [3.63, 3.8) is 0 Å². The van der Waals surface area contributed by atoms with Gasteiger partial charge >= 0.3 is 0 Å². The van der Waals surface area contributed by atoms with E-state index in [1.54, 1.807) is 6.08 Å². The molecule has 0 atom stereocenters. The van der Waals surface area contributed by atoms with E-state index >= 15 is 0 Å². The number of phenols is 2. The summed E-state index contributed by atoms with van der Waals surface area (Å²) in [6, 6.07) is 8.05. The number of aryl methyl sites for hydroxylation is 1. The van der Waals surface area contributed by atoms with Crippen LogP contribution in [-0.2, 0) is 25.8 Å². The summed E-state index contributed by atoms with van der Waals surface area (Å²) < 4.78 is 0. The molecule has 3 heteroatoms. The zero-order valence-electron chi connectivity index (χ0n) is 17.2. The first-order valence-electron chi connectivity index (χ1n) is 10.2. The van der Waals surface area contributed by atoms with Crippen LogP contribution in [0.4, 0.5) is 0 Å². The van der Waals surface area contributed by atoms with Gasteiger partial charge in [0.2, 0.25) is 0 Å². The molecule has 0 radical (unpaired) electrons. The van der Waals surface area contributed by atoms with Crippen LogP contribution in [0.5, 0.6) is 11.5 Å². The minimum atomic E-state index is 0.303. The molecule has 150 valence electrons. The Morgan fingerprint density at radius 1 is 0.893 bits per heavy atom. The first-order valence-corrected chi connectivity index (χ1v) is 10.2. The normalized spacial score (nSPS) is 10.8. The Balaban J connectivity index is 2.63. The minimum absolute atomic E-state index is 0.303. The number of allylic oxidation sites excluding steroid dienone is 2. The number of rotatable bonds is 11. The molecule has 2 rings (SSSR count). The van der Waals surface area contributed by atoms with Crippen LogP contribution in [0.3, 0.4) is 0 Å². The summed E-state index contributed by atoms with van der Waals surface area (Å²) in [5.74, 6) is 0.642. The van der Waals surface area contributed by atoms with Crippen molar-refractivity contribution in [3.05, 3.63) is 71.8 Å². The molecule has 0 saturated carbocycles. The Hall–Kier alpha value is -2.52. The molecule has 0 saturated heterocycles. The topological polar surface area (TPSA) is 52.5 Å². The van der Waals surface area contributed by atoms with Gasteiger partial charge in [-0.05, 0) is 72.7 Å². The minimum Gasteiger partial charge on any atom is -0.507 e. The fourth-order valence-electron chi connectivity index (χ4n) is 3.44. The summed E-state index contributed by atoms with van der Waals surface area (Å²) in [7, 11) is 0. The molecule has 0 fully saturated rings. The highest BCUT2D eigenvalue weighted by atomic mass is 16.3. The Morgan fingerprint density at radius 3 is 2.25 bits per heavy atom. The third-order valence-electron chi connectivity index (χ3n) is 4.94. The summed E-state index contributed by atoms with van der Waals surface area (Å²) in [5.41, 5.74) is 5.50. The first-order chi connectivity index (χ1) is 13.5. The maximum atomic E-state index is 11.0. The summed E-state index contributed by atoms with van der Waals surface area (Å²) in [5, 5.41) is 24.9. The van der Waals surface area contributed by atoms with Crippen LogP contribution in [0.1, 0.15) is 48.9 Å². The lowest BCUT2D eigenvalue weighted by molar-refractivity contribution is 0.459. The Labute approximate surface area is 169 Å². The zero-order valence-corrected chi connectivity index (χ0v) is 17.2. The predicted molar refractivity (Wildman–Crippen MR) is 119 cm³/mol. The second-order valence-corrected chi connectivity index (χ2v) is 7.16. The van der Waals surface area contributed by atoms with Crippen molar-refractivity contribution < 1.29 is 10.2 Å². The second-order valence-electron chi connectivity index (χ2n) is 7.16. The van der Waals surface area contributed by atoms with Crippen molar-refractivity contribution in [2.45, 2.75) is 52.5 Å². The molecule has 3 nitrogen and oxygen atoms in total. The van der Waals surface area contributed by atoms with E-state index in [1.165, 1.54) is 0 Å². The molecule has 0 aliphatic carbocycles. The zero-order chi connectivity index (χ0) is 20.5. The van der Waals surface area contributed by atoms with Crippen LogP contribution >= 0.6 is 0 Å². The van der Waals surface area contributed by atoms with E-state index in [2.05, 4.69) is 31.5 Å². The maximum Gasteiger partial charge on any atom is 0.126 e. The number of hydrogen-bond donors (Lipinski definition) is 3. The van der Waals surface area contributed by atoms with Gasteiger partial charge in [-0.1, -0.05) is 38.5 Å². The average Bonchev–Trinajstić information content (AvgIpc) is 2.69. The molecule has 0 aromatic heterocycles. The number of aromatic hydroxyl groups is 2. The van der Waals surface area contributed by atoms with Crippen molar-refractivity contribution in [3.8, 4) is 22.6 Å². The van der Waals surface area contributed by atoms with Crippen LogP contribution in [0.25, 0.3) is 11.1 Å². The molecule has 0 heterocycles. The highest BCUT2D eigenvalue weighted by Gasteiger charge is 2.16. The lowest BCUT2D eigenvalue weighted by Gasteiger charge is -2.16. The Bertz CT molecular complexity index is 824. The number of hydrogen-bond acceptors (Lipinski definition) is 3. The van der Waals surface area contributed by atoms with E-state index in [-0.39, 0.29) is 0 Å². The summed E-state index contributed by atoms with van der Waals surface area (Å²) in [6.07, 6.45) is 7.97. The van der Waals surface area contributed by atoms with Gasteiger partial charge in [-0.25, -0.2) is 0 Å². The maximum absolute atomic E-state index is 11.0. The van der Waals surface area contributed by atoms with Gasteiger partial charge in [0.25, 0.3) is 0 Å². The summed E-state index contributed by atoms with van der Waals surface area (Å²) in [6.45, 7) is 13.3. The van der Waals surface area contributed by atoms with Crippen molar-refractivity contribution >= 4 is 0 Å². The Morgan fingerprint density at radius 2 is 1.61 bits per heavy atom. The van der Waals surface area contributed by atoms with Crippen molar-refractivity contribution in [1.29, 1.82) is 0 Å². The van der Waals surface area contributed by atoms with Crippen LogP contribution in [0.15, 0.2) is 49.6 Å². The van der Waals surface area contributed by atoms with Crippen LogP contribution < -0.4 is 5.32 Å². The van der Waals surface area contributed by atoms with E-state index in [9.17, 15) is 10.2 Å². The summed E-state index contributed by atoms with van der Waals surface area (Å²) in [4.78, 5) is 0. The highest BCUT2D eigenvalue weighted by Crippen LogP contribution is 2.38. The SMILES string of the molecule is C=CCc1cc(CCCC)c(O)c(-c2cc(CC=C)c(O)c(CNCC)c2)c1. The van der Waals surface area contributed by atoms with Gasteiger partial charge in [-0.2, -0.15) is 0 Å². The number of nitrogens with one attached hydrogen (secondary N) is 1. The van der Waals surface area contributed by atoms with Crippen molar-refractivity contribution in [2.75, 3.05) is 6.54 Å². The predicted octanol–water partition coefficient (Wildman–Crippen LogP) is 5.67. The first kappa shape index (κ1) is 21.8. The van der Waals surface area contributed by atoms with E-state index in [0.717, 1.165) is 65.6 Å².